The fourth-order valence-electron chi connectivity index (χ4n) is 8.46. The normalized spacial score (nSPS) is 19.2. The minimum Gasteiger partial charge on any atom is -0.444 e. The summed E-state index contributed by atoms with van der Waals surface area (Å²) in [5.74, 6) is 0.339. The lowest BCUT2D eigenvalue weighted by Gasteiger charge is -2.31. The number of nitrogens with zero attached hydrogens (tertiary/aromatic N) is 3. The summed E-state index contributed by atoms with van der Waals surface area (Å²) in [6, 6.07) is 9.54. The van der Waals surface area contributed by atoms with E-state index in [1.165, 1.54) is 64.2 Å². The van der Waals surface area contributed by atoms with Gasteiger partial charge in [-0.1, -0.05) is 96.1 Å². The summed E-state index contributed by atoms with van der Waals surface area (Å²) in [7, 11) is 0. The SMILES string of the molecule is CCCCCCCCCCCCCCCC(=O)N(CC(=O)Nc1ccc2c(c1)CC1(C2)C(=O)Nc2ncccc21)C1CCCN(C(=O)OC(C)(C)C)CC1. The first-order chi connectivity index (χ1) is 26.0. The van der Waals surface area contributed by atoms with Crippen molar-refractivity contribution in [2.24, 2.45) is 0 Å². The quantitative estimate of drug-likeness (QED) is 0.147. The second-order valence-corrected chi connectivity index (χ2v) is 16.9. The van der Waals surface area contributed by atoms with Gasteiger partial charge in [-0.05, 0) is 88.6 Å². The number of carbonyl (C=O) groups excluding carboxylic acids is 4. The van der Waals surface area contributed by atoms with Crippen molar-refractivity contribution in [1.29, 1.82) is 0 Å². The molecule has 2 N–H and O–H groups in total. The first-order valence-corrected chi connectivity index (χ1v) is 20.9. The van der Waals surface area contributed by atoms with Crippen LogP contribution in [0.25, 0.3) is 0 Å². The lowest BCUT2D eigenvalue weighted by molar-refractivity contribution is -0.137. The number of hydrogen-bond acceptors (Lipinski definition) is 6. The van der Waals surface area contributed by atoms with Crippen molar-refractivity contribution in [3.05, 3.63) is 53.2 Å². The van der Waals surface area contributed by atoms with Crippen molar-refractivity contribution < 1.29 is 23.9 Å². The molecule has 1 saturated heterocycles. The highest BCUT2D eigenvalue weighted by Gasteiger charge is 2.51. The van der Waals surface area contributed by atoms with E-state index in [0.29, 0.717) is 50.3 Å². The number of fused-ring (bicyclic) bond motifs is 3. The molecule has 296 valence electrons. The first-order valence-electron chi connectivity index (χ1n) is 20.9. The zero-order valence-corrected chi connectivity index (χ0v) is 33.5. The molecule has 1 fully saturated rings. The third-order valence-electron chi connectivity index (χ3n) is 11.4. The molecule has 1 aliphatic carbocycles. The van der Waals surface area contributed by atoms with Gasteiger partial charge < -0.3 is 25.2 Å². The van der Waals surface area contributed by atoms with Crippen LogP contribution in [0.2, 0.25) is 0 Å². The Morgan fingerprint density at radius 3 is 2.26 bits per heavy atom. The van der Waals surface area contributed by atoms with Crippen LogP contribution in [0, 0.1) is 0 Å². The van der Waals surface area contributed by atoms with E-state index in [-0.39, 0.29) is 36.4 Å². The van der Waals surface area contributed by atoms with Crippen LogP contribution in [0.5, 0.6) is 0 Å². The van der Waals surface area contributed by atoms with E-state index in [4.69, 9.17) is 4.74 Å². The zero-order valence-electron chi connectivity index (χ0n) is 33.5. The number of hydrogen-bond donors (Lipinski definition) is 2. The Labute approximate surface area is 323 Å². The minimum atomic E-state index is -0.683. The summed E-state index contributed by atoms with van der Waals surface area (Å²) in [5.41, 5.74) is 2.42. The molecule has 1 aromatic carbocycles. The molecule has 54 heavy (non-hydrogen) atoms. The molecule has 0 saturated carbocycles. The summed E-state index contributed by atoms with van der Waals surface area (Å²) in [6.45, 7) is 8.84. The number of pyridine rings is 1. The molecule has 5 rings (SSSR count). The Kier molecular flexibility index (Phi) is 14.9. The highest BCUT2D eigenvalue weighted by Crippen LogP contribution is 2.47. The Balaban J connectivity index is 1.15. The van der Waals surface area contributed by atoms with Crippen LogP contribution >= 0.6 is 0 Å². The molecular formula is C44H65N5O5. The topological polar surface area (TPSA) is 121 Å². The van der Waals surface area contributed by atoms with Crippen LogP contribution in [0.1, 0.15) is 154 Å². The van der Waals surface area contributed by atoms with Crippen LogP contribution in [-0.4, -0.2) is 69.9 Å². The molecule has 4 amide bonds. The van der Waals surface area contributed by atoms with Crippen molar-refractivity contribution in [2.45, 2.75) is 167 Å². The van der Waals surface area contributed by atoms with Gasteiger partial charge in [-0.3, -0.25) is 14.4 Å². The van der Waals surface area contributed by atoms with E-state index < -0.39 is 11.0 Å². The maximum absolute atomic E-state index is 13.9. The standard InChI is InChI=1S/C44H65N5O5/c1-5-6-7-8-9-10-11-12-13-14-15-16-17-22-39(51)49(36-20-19-27-48(28-25-36)42(53)54-43(2,3)4)32-38(50)46-35-24-23-33-30-44(31-34(33)29-35)37-21-18-26-45-40(37)47-41(44)52/h18,21,23-24,26,29,36H,5-17,19-20,22,25,27-28,30-32H2,1-4H3,(H,46,50)(H,45,47,52). The number of amides is 4. The summed E-state index contributed by atoms with van der Waals surface area (Å²) < 4.78 is 5.64. The number of benzene rings is 1. The highest BCUT2D eigenvalue weighted by atomic mass is 16.6. The van der Waals surface area contributed by atoms with Gasteiger partial charge in [0.2, 0.25) is 17.7 Å². The predicted octanol–water partition coefficient (Wildman–Crippen LogP) is 9.11. The molecule has 2 aromatic rings. The van der Waals surface area contributed by atoms with E-state index in [1.54, 1.807) is 16.0 Å². The van der Waals surface area contributed by atoms with Crippen molar-refractivity contribution in [3.8, 4) is 0 Å². The minimum absolute atomic E-state index is 0.000596. The van der Waals surface area contributed by atoms with Crippen LogP contribution in [0.15, 0.2) is 36.5 Å². The first kappa shape index (κ1) is 41.2. The lowest BCUT2D eigenvalue weighted by Crippen LogP contribution is -2.45. The van der Waals surface area contributed by atoms with Gasteiger partial charge in [0.1, 0.15) is 18.0 Å². The largest absolute Gasteiger partial charge is 0.444 e. The van der Waals surface area contributed by atoms with Gasteiger partial charge in [-0.2, -0.15) is 0 Å². The van der Waals surface area contributed by atoms with Crippen LogP contribution in [-0.2, 0) is 37.4 Å². The molecule has 0 radical (unpaired) electrons. The second-order valence-electron chi connectivity index (χ2n) is 16.9. The predicted molar refractivity (Wildman–Crippen MR) is 214 cm³/mol. The number of rotatable bonds is 18. The molecule has 10 heteroatoms. The molecule has 2 aliphatic heterocycles. The summed E-state index contributed by atoms with van der Waals surface area (Å²) >= 11 is 0. The number of nitrogens with one attached hydrogen (secondary N) is 2. The third kappa shape index (κ3) is 11.3. The maximum atomic E-state index is 13.9. The van der Waals surface area contributed by atoms with Gasteiger partial charge in [-0.25, -0.2) is 9.78 Å². The number of carbonyl (C=O) groups is 4. The van der Waals surface area contributed by atoms with E-state index in [9.17, 15) is 19.2 Å². The van der Waals surface area contributed by atoms with Gasteiger partial charge >= 0.3 is 6.09 Å². The number of aromatic nitrogens is 1. The molecule has 10 nitrogen and oxygen atoms in total. The molecule has 3 aliphatic rings. The van der Waals surface area contributed by atoms with Crippen LogP contribution < -0.4 is 10.6 Å². The van der Waals surface area contributed by atoms with Crippen molar-refractivity contribution in [2.75, 3.05) is 30.3 Å². The monoisotopic (exact) mass is 743 g/mol. The van der Waals surface area contributed by atoms with Gasteiger partial charge in [-0.15, -0.1) is 0 Å². The lowest BCUT2D eigenvalue weighted by atomic mass is 9.79. The Hall–Kier alpha value is -3.95. The molecule has 1 aromatic heterocycles. The molecule has 3 heterocycles. The van der Waals surface area contributed by atoms with E-state index >= 15 is 0 Å². The zero-order chi connectivity index (χ0) is 38.6. The fraction of sp³-hybridized carbons (Fsp3) is 0.659. The fourth-order valence-corrected chi connectivity index (χ4v) is 8.46. The second kappa shape index (κ2) is 19.6. The number of ether oxygens (including phenoxy) is 1. The van der Waals surface area contributed by atoms with E-state index in [0.717, 1.165) is 48.8 Å². The van der Waals surface area contributed by atoms with Gasteiger partial charge in [0, 0.05) is 43.0 Å². The number of anilines is 2. The molecule has 1 spiro atoms. The molecule has 2 atom stereocenters. The maximum Gasteiger partial charge on any atom is 0.410 e. The van der Waals surface area contributed by atoms with Gasteiger partial charge in [0.05, 0.1) is 5.41 Å². The van der Waals surface area contributed by atoms with Crippen LogP contribution in [0.4, 0.5) is 16.3 Å². The number of unbranched alkanes of at least 4 members (excludes halogenated alkanes) is 12. The van der Waals surface area contributed by atoms with Crippen molar-refractivity contribution >= 4 is 35.3 Å². The molecule has 0 bridgehead atoms. The van der Waals surface area contributed by atoms with E-state index in [2.05, 4.69) is 22.5 Å². The Bertz CT molecular complexity index is 1590. The smallest absolute Gasteiger partial charge is 0.410 e. The van der Waals surface area contributed by atoms with E-state index in [1.807, 2.05) is 51.1 Å². The van der Waals surface area contributed by atoms with Crippen LogP contribution in [0.3, 0.4) is 0 Å². The molecular weight excluding hydrogens is 679 g/mol. The average molecular weight is 744 g/mol. The Morgan fingerprint density at radius 1 is 0.907 bits per heavy atom. The van der Waals surface area contributed by atoms with Gasteiger partial charge in [0.15, 0.2) is 0 Å². The van der Waals surface area contributed by atoms with Crippen molar-refractivity contribution in [3.63, 3.8) is 0 Å². The summed E-state index contributed by atoms with van der Waals surface area (Å²) in [6.07, 6.45) is 21.1. The summed E-state index contributed by atoms with van der Waals surface area (Å²) in [4.78, 5) is 61.5. The number of likely N-dealkylation sites (tertiary alicyclic amines) is 1. The highest BCUT2D eigenvalue weighted by molar-refractivity contribution is 6.06. The molecule has 2 unspecified atom stereocenters. The summed E-state index contributed by atoms with van der Waals surface area (Å²) in [5, 5.41) is 6.01. The van der Waals surface area contributed by atoms with Crippen molar-refractivity contribution in [1.82, 2.24) is 14.8 Å². The van der Waals surface area contributed by atoms with Gasteiger partial charge in [0.25, 0.3) is 0 Å². The Morgan fingerprint density at radius 2 is 1.57 bits per heavy atom. The average Bonchev–Trinajstić information content (AvgIpc) is 3.52. The third-order valence-corrected chi connectivity index (χ3v) is 11.4.